The first-order valence-corrected chi connectivity index (χ1v) is 5.73. The molecular formula is C12H22O5. The first-order chi connectivity index (χ1) is 7.95. The zero-order valence-corrected chi connectivity index (χ0v) is 10.6. The molecule has 5 nitrogen and oxygen atoms in total. The van der Waals surface area contributed by atoms with Crippen molar-refractivity contribution in [3.05, 3.63) is 12.7 Å². The summed E-state index contributed by atoms with van der Waals surface area (Å²) in [6.07, 6.45) is -0.243. The summed E-state index contributed by atoms with van der Waals surface area (Å²) in [4.78, 5) is 0. The molecule has 1 aliphatic heterocycles. The number of rotatable bonds is 6. The number of ether oxygens (including phenoxy) is 3. The molecule has 1 saturated heterocycles. The highest BCUT2D eigenvalue weighted by molar-refractivity contribution is 4.92. The Morgan fingerprint density at radius 1 is 1.47 bits per heavy atom. The van der Waals surface area contributed by atoms with Crippen LogP contribution < -0.4 is 0 Å². The maximum Gasteiger partial charge on any atom is 0.164 e. The van der Waals surface area contributed by atoms with Crippen molar-refractivity contribution in [1.82, 2.24) is 0 Å². The molecule has 1 fully saturated rings. The SMILES string of the molecule is C=CC[C@H](O)C(OC)C1OC(C)(C)OC1CO. The lowest BCUT2D eigenvalue weighted by molar-refractivity contribution is -0.166. The van der Waals surface area contributed by atoms with Crippen LogP contribution in [0.5, 0.6) is 0 Å². The van der Waals surface area contributed by atoms with Crippen LogP contribution in [0.3, 0.4) is 0 Å². The van der Waals surface area contributed by atoms with Crippen molar-refractivity contribution < 1.29 is 24.4 Å². The van der Waals surface area contributed by atoms with E-state index in [2.05, 4.69) is 6.58 Å². The van der Waals surface area contributed by atoms with Crippen molar-refractivity contribution in [3.63, 3.8) is 0 Å². The van der Waals surface area contributed by atoms with Gasteiger partial charge in [0.2, 0.25) is 0 Å². The second-order valence-electron chi connectivity index (χ2n) is 4.61. The number of aliphatic hydroxyl groups is 2. The van der Waals surface area contributed by atoms with Crippen LogP contribution in [-0.4, -0.2) is 54.1 Å². The van der Waals surface area contributed by atoms with Crippen LogP contribution in [0.25, 0.3) is 0 Å². The Labute approximate surface area is 102 Å². The quantitative estimate of drug-likeness (QED) is 0.666. The summed E-state index contributed by atoms with van der Waals surface area (Å²) in [5.41, 5.74) is 0. The van der Waals surface area contributed by atoms with Gasteiger partial charge in [0.25, 0.3) is 0 Å². The fourth-order valence-electron chi connectivity index (χ4n) is 2.10. The van der Waals surface area contributed by atoms with Gasteiger partial charge < -0.3 is 24.4 Å². The Morgan fingerprint density at radius 3 is 2.59 bits per heavy atom. The molecule has 0 aromatic rings. The third-order valence-corrected chi connectivity index (χ3v) is 2.78. The van der Waals surface area contributed by atoms with Gasteiger partial charge >= 0.3 is 0 Å². The number of methoxy groups -OCH3 is 1. The molecule has 1 rings (SSSR count). The molecule has 17 heavy (non-hydrogen) atoms. The van der Waals surface area contributed by atoms with Gasteiger partial charge in [-0.05, 0) is 20.3 Å². The van der Waals surface area contributed by atoms with Crippen molar-refractivity contribution in [2.75, 3.05) is 13.7 Å². The Balaban J connectivity index is 2.76. The van der Waals surface area contributed by atoms with E-state index in [1.54, 1.807) is 19.9 Å². The van der Waals surface area contributed by atoms with E-state index in [1.807, 2.05) is 0 Å². The molecule has 0 aromatic heterocycles. The summed E-state index contributed by atoms with van der Waals surface area (Å²) in [6.45, 7) is 6.94. The van der Waals surface area contributed by atoms with E-state index in [-0.39, 0.29) is 6.61 Å². The predicted molar refractivity (Wildman–Crippen MR) is 62.5 cm³/mol. The molecular weight excluding hydrogens is 224 g/mol. The molecule has 4 atom stereocenters. The van der Waals surface area contributed by atoms with E-state index in [1.165, 1.54) is 7.11 Å². The maximum absolute atomic E-state index is 9.94. The van der Waals surface area contributed by atoms with Gasteiger partial charge in [0.15, 0.2) is 5.79 Å². The average Bonchev–Trinajstić information content (AvgIpc) is 2.55. The summed E-state index contributed by atoms with van der Waals surface area (Å²) in [7, 11) is 1.50. The van der Waals surface area contributed by atoms with E-state index >= 15 is 0 Å². The second-order valence-corrected chi connectivity index (χ2v) is 4.61. The Morgan fingerprint density at radius 2 is 2.12 bits per heavy atom. The standard InChI is InChI=1S/C12H22O5/c1-5-6-8(14)10(15-4)11-9(7-13)16-12(2,3)17-11/h5,8-11,13-14H,1,6-7H2,2-4H3/t8-,9?,10?,11?/m0/s1. The summed E-state index contributed by atoms with van der Waals surface area (Å²) < 4.78 is 16.5. The molecule has 100 valence electrons. The lowest BCUT2D eigenvalue weighted by Gasteiger charge is -2.28. The average molecular weight is 246 g/mol. The lowest BCUT2D eigenvalue weighted by atomic mass is 10.0. The normalized spacial score (nSPS) is 31.1. The van der Waals surface area contributed by atoms with Crippen molar-refractivity contribution >= 4 is 0 Å². The molecule has 1 aliphatic rings. The smallest absolute Gasteiger partial charge is 0.164 e. The van der Waals surface area contributed by atoms with Crippen LogP contribution in [0.1, 0.15) is 20.3 Å². The summed E-state index contributed by atoms with van der Waals surface area (Å²) in [6, 6.07) is 0. The molecule has 0 bridgehead atoms. The fraction of sp³-hybridized carbons (Fsp3) is 0.833. The minimum Gasteiger partial charge on any atom is -0.394 e. The summed E-state index contributed by atoms with van der Waals surface area (Å²) in [5, 5.41) is 19.2. The highest BCUT2D eigenvalue weighted by Crippen LogP contribution is 2.32. The second kappa shape index (κ2) is 5.93. The van der Waals surface area contributed by atoms with Gasteiger partial charge in [-0.1, -0.05) is 6.08 Å². The molecule has 1 heterocycles. The van der Waals surface area contributed by atoms with Crippen molar-refractivity contribution in [2.24, 2.45) is 0 Å². The van der Waals surface area contributed by atoms with E-state index in [9.17, 15) is 10.2 Å². The molecule has 0 aromatic carbocycles. The van der Waals surface area contributed by atoms with Gasteiger partial charge in [-0.25, -0.2) is 0 Å². The largest absolute Gasteiger partial charge is 0.394 e. The van der Waals surface area contributed by atoms with Gasteiger partial charge in [0.05, 0.1) is 12.7 Å². The molecule has 0 amide bonds. The number of hydrogen-bond acceptors (Lipinski definition) is 5. The Kier molecular flexibility index (Phi) is 5.09. The van der Waals surface area contributed by atoms with Crippen LogP contribution in [0.15, 0.2) is 12.7 Å². The van der Waals surface area contributed by atoms with Gasteiger partial charge in [-0.3, -0.25) is 0 Å². The Bertz CT molecular complexity index is 253. The fourth-order valence-corrected chi connectivity index (χ4v) is 2.10. The van der Waals surface area contributed by atoms with Gasteiger partial charge in [-0.15, -0.1) is 6.58 Å². The van der Waals surface area contributed by atoms with Crippen LogP contribution in [0.4, 0.5) is 0 Å². The molecule has 5 heteroatoms. The highest BCUT2D eigenvalue weighted by Gasteiger charge is 2.46. The topological polar surface area (TPSA) is 68.2 Å². The minimum absolute atomic E-state index is 0.172. The van der Waals surface area contributed by atoms with Crippen molar-refractivity contribution in [1.29, 1.82) is 0 Å². The van der Waals surface area contributed by atoms with Crippen molar-refractivity contribution in [2.45, 2.75) is 50.5 Å². The first kappa shape index (κ1) is 14.6. The van der Waals surface area contributed by atoms with Gasteiger partial charge in [-0.2, -0.15) is 0 Å². The monoisotopic (exact) mass is 246 g/mol. The highest BCUT2D eigenvalue weighted by atomic mass is 16.8. The zero-order valence-electron chi connectivity index (χ0n) is 10.6. The third-order valence-electron chi connectivity index (χ3n) is 2.78. The van der Waals surface area contributed by atoms with Gasteiger partial charge in [0.1, 0.15) is 18.3 Å². The first-order valence-electron chi connectivity index (χ1n) is 5.73. The molecule has 3 unspecified atom stereocenters. The lowest BCUT2D eigenvalue weighted by Crippen LogP contribution is -2.45. The summed E-state index contributed by atoms with van der Waals surface area (Å²) in [5.74, 6) is -0.775. The molecule has 0 aliphatic carbocycles. The molecule has 0 radical (unpaired) electrons. The minimum atomic E-state index is -0.775. The third kappa shape index (κ3) is 3.50. The Hall–Kier alpha value is -0.460. The van der Waals surface area contributed by atoms with Crippen LogP contribution in [-0.2, 0) is 14.2 Å². The molecule has 0 spiro atoms. The maximum atomic E-state index is 9.94. The molecule has 2 N–H and O–H groups in total. The van der Waals surface area contributed by atoms with Crippen LogP contribution in [0.2, 0.25) is 0 Å². The van der Waals surface area contributed by atoms with E-state index in [4.69, 9.17) is 14.2 Å². The number of aliphatic hydroxyl groups excluding tert-OH is 2. The van der Waals surface area contributed by atoms with Crippen LogP contribution in [0, 0.1) is 0 Å². The summed E-state index contributed by atoms with van der Waals surface area (Å²) >= 11 is 0. The van der Waals surface area contributed by atoms with Gasteiger partial charge in [0, 0.05) is 7.11 Å². The van der Waals surface area contributed by atoms with E-state index in [0.29, 0.717) is 6.42 Å². The van der Waals surface area contributed by atoms with E-state index < -0.39 is 30.2 Å². The molecule has 0 saturated carbocycles. The predicted octanol–water partition coefficient (Wildman–Crippen LogP) is 0.451. The number of hydrogen-bond donors (Lipinski definition) is 2. The van der Waals surface area contributed by atoms with E-state index in [0.717, 1.165) is 0 Å². The van der Waals surface area contributed by atoms with Crippen LogP contribution >= 0.6 is 0 Å². The van der Waals surface area contributed by atoms with Crippen molar-refractivity contribution in [3.8, 4) is 0 Å². The zero-order chi connectivity index (χ0) is 13.1.